The van der Waals surface area contributed by atoms with E-state index in [-0.39, 0.29) is 79.9 Å². The van der Waals surface area contributed by atoms with Crippen LogP contribution in [0.4, 0.5) is 15.3 Å². The SMILES string of the molecule is CC(=O)O[C@@H](C)/C=C\C(=O)N[C@@H]1C[C@H](C)[C@H](C/C=C(C)/C=C/[C@@H]2C[C@]3(CO3)C[C@@H](CNC(=O)OCc3ccc(NC(=O)[C@H](CCCNC(N)=O)NC(=O)[C@@H](N)C(C)C)cc3)O2)O[C@@H]1C. The molecule has 64 heavy (non-hydrogen) atoms. The lowest BCUT2D eigenvalue weighted by atomic mass is 9.88. The average Bonchev–Trinajstić information content (AvgIpc) is 3.98. The highest BCUT2D eigenvalue weighted by Crippen LogP contribution is 2.42. The summed E-state index contributed by atoms with van der Waals surface area (Å²) < 4.78 is 29.0. The molecule has 0 aliphatic carbocycles. The molecule has 10 atom stereocenters. The van der Waals surface area contributed by atoms with Crippen LogP contribution in [0.25, 0.3) is 0 Å². The molecule has 3 saturated heterocycles. The fourth-order valence-electron chi connectivity index (χ4n) is 7.54. The minimum atomic E-state index is -0.901. The summed E-state index contributed by atoms with van der Waals surface area (Å²) in [6, 6.07) is 4.25. The fourth-order valence-corrected chi connectivity index (χ4v) is 7.54. The van der Waals surface area contributed by atoms with E-state index in [4.69, 9.17) is 35.2 Å². The number of ether oxygens (including phenoxy) is 5. The first-order chi connectivity index (χ1) is 30.3. The van der Waals surface area contributed by atoms with Gasteiger partial charge in [-0.1, -0.05) is 56.7 Å². The van der Waals surface area contributed by atoms with Crippen LogP contribution in [0, 0.1) is 11.8 Å². The first-order valence-electron chi connectivity index (χ1n) is 22.2. The predicted molar refractivity (Wildman–Crippen MR) is 239 cm³/mol. The molecule has 4 rings (SSSR count). The van der Waals surface area contributed by atoms with Crippen LogP contribution >= 0.6 is 0 Å². The summed E-state index contributed by atoms with van der Waals surface area (Å²) in [6.45, 7) is 13.9. The van der Waals surface area contributed by atoms with Gasteiger partial charge in [0.2, 0.25) is 17.7 Å². The van der Waals surface area contributed by atoms with E-state index >= 15 is 0 Å². The second kappa shape index (κ2) is 24.7. The Morgan fingerprint density at radius 1 is 0.969 bits per heavy atom. The average molecular weight is 896 g/mol. The van der Waals surface area contributed by atoms with Crippen LogP contribution in [0.15, 0.2) is 60.2 Å². The molecule has 18 heteroatoms. The number of carbonyl (C=O) groups is 6. The Morgan fingerprint density at radius 3 is 2.34 bits per heavy atom. The lowest BCUT2D eigenvalue weighted by Gasteiger charge is -2.39. The van der Waals surface area contributed by atoms with E-state index < -0.39 is 48.1 Å². The molecule has 3 heterocycles. The summed E-state index contributed by atoms with van der Waals surface area (Å²) in [6.07, 6.45) is 10.9. The smallest absolute Gasteiger partial charge is 0.407 e. The van der Waals surface area contributed by atoms with Gasteiger partial charge in [-0.05, 0) is 82.1 Å². The van der Waals surface area contributed by atoms with Gasteiger partial charge in [-0.3, -0.25) is 19.2 Å². The van der Waals surface area contributed by atoms with E-state index in [0.29, 0.717) is 37.1 Å². The quantitative estimate of drug-likeness (QED) is 0.0306. The molecular formula is C46H69N7O11. The number of amides is 6. The molecule has 0 radical (unpaired) electrons. The van der Waals surface area contributed by atoms with Crippen LogP contribution < -0.4 is 38.1 Å². The van der Waals surface area contributed by atoms with Gasteiger partial charge in [-0.25, -0.2) is 9.59 Å². The Morgan fingerprint density at radius 2 is 1.69 bits per heavy atom. The van der Waals surface area contributed by atoms with Gasteiger partial charge in [-0.2, -0.15) is 0 Å². The van der Waals surface area contributed by atoms with Crippen molar-refractivity contribution in [3.05, 3.63) is 65.8 Å². The van der Waals surface area contributed by atoms with Crippen LogP contribution in [0.3, 0.4) is 0 Å². The maximum absolute atomic E-state index is 13.2. The summed E-state index contributed by atoms with van der Waals surface area (Å²) in [5.74, 6) is -1.49. The van der Waals surface area contributed by atoms with Gasteiger partial charge in [0.05, 0.1) is 48.7 Å². The maximum atomic E-state index is 13.2. The molecule has 1 spiro atoms. The zero-order valence-electron chi connectivity index (χ0n) is 38.2. The second-order valence-electron chi connectivity index (χ2n) is 17.5. The van der Waals surface area contributed by atoms with Crippen molar-refractivity contribution in [3.63, 3.8) is 0 Å². The maximum Gasteiger partial charge on any atom is 0.407 e. The number of epoxide rings is 1. The Labute approximate surface area is 376 Å². The highest BCUT2D eigenvalue weighted by atomic mass is 16.6. The molecule has 6 amide bonds. The van der Waals surface area contributed by atoms with Crippen LogP contribution in [0.1, 0.15) is 92.6 Å². The Hall–Kier alpha value is -5.30. The van der Waals surface area contributed by atoms with Crippen LogP contribution in [0.5, 0.6) is 0 Å². The minimum absolute atomic E-state index is 0.00604. The van der Waals surface area contributed by atoms with Crippen molar-refractivity contribution in [2.24, 2.45) is 23.3 Å². The van der Waals surface area contributed by atoms with Crippen LogP contribution in [-0.2, 0) is 49.5 Å². The normalized spacial score (nSPS) is 25.9. The van der Waals surface area contributed by atoms with Crippen molar-refractivity contribution in [2.45, 2.75) is 148 Å². The second-order valence-corrected chi connectivity index (χ2v) is 17.5. The summed E-state index contributed by atoms with van der Waals surface area (Å²) >= 11 is 0. The summed E-state index contributed by atoms with van der Waals surface area (Å²) in [4.78, 5) is 73.2. The molecule has 354 valence electrons. The van der Waals surface area contributed by atoms with Crippen molar-refractivity contribution >= 4 is 41.5 Å². The number of primary amides is 1. The van der Waals surface area contributed by atoms with Gasteiger partial charge in [0, 0.05) is 44.6 Å². The third kappa shape index (κ3) is 17.7. The van der Waals surface area contributed by atoms with Crippen LogP contribution in [-0.4, -0.2) is 110 Å². The predicted octanol–water partition coefficient (Wildman–Crippen LogP) is 3.78. The third-order valence-electron chi connectivity index (χ3n) is 11.4. The Kier molecular flexibility index (Phi) is 19.8. The van der Waals surface area contributed by atoms with E-state index in [2.05, 4.69) is 39.6 Å². The minimum Gasteiger partial charge on any atom is -0.459 e. The highest BCUT2D eigenvalue weighted by molar-refractivity contribution is 5.97. The largest absolute Gasteiger partial charge is 0.459 e. The number of allylic oxidation sites excluding steroid dienone is 2. The monoisotopic (exact) mass is 896 g/mol. The number of anilines is 1. The van der Waals surface area contributed by atoms with Crippen LogP contribution in [0.2, 0.25) is 0 Å². The van der Waals surface area contributed by atoms with E-state index in [1.54, 1.807) is 37.3 Å². The van der Waals surface area contributed by atoms with Gasteiger partial charge >= 0.3 is 18.1 Å². The number of carbonyl (C=O) groups excluding carboxylic acids is 6. The van der Waals surface area contributed by atoms with E-state index in [1.807, 2.05) is 39.8 Å². The standard InChI is InChI=1S/C46H69N7O11/c1-27(2)41(47)43(57)53-37(9-8-20-49-44(48)58)42(56)51-34-15-13-33(14-16-34)25-60-45(59)50-24-36-23-46(26-61-46)22-35(64-36)17-10-28(3)11-18-39-29(4)21-38(31(6)63-39)52-40(55)19-12-30(5)62-32(7)54/h10-17,19,27,29-31,35-39,41H,8-9,18,20-26,47H2,1-7H3,(H,50,59)(H,51,56)(H,52,55)(H,53,57)(H3,48,49,58)/b17-10+,19-12-,28-11+/t29-,30-,31+,35+,36-,37-,38+,39-,41-,46+/m0/s1. The first-order valence-corrected chi connectivity index (χ1v) is 22.2. The highest BCUT2D eigenvalue weighted by Gasteiger charge is 2.51. The molecule has 3 aliphatic rings. The number of hydrogen-bond acceptors (Lipinski definition) is 12. The Bertz CT molecular complexity index is 1850. The number of hydrogen-bond donors (Lipinski definition) is 7. The number of benzene rings is 1. The summed E-state index contributed by atoms with van der Waals surface area (Å²) in [5, 5.41) is 13.8. The van der Waals surface area contributed by atoms with Crippen molar-refractivity contribution < 1.29 is 52.5 Å². The lowest BCUT2D eigenvalue weighted by Crippen LogP contribution is -2.51. The number of nitrogens with two attached hydrogens (primary N) is 2. The third-order valence-corrected chi connectivity index (χ3v) is 11.4. The molecule has 18 nitrogen and oxygen atoms in total. The first kappa shape index (κ1) is 51.3. The summed E-state index contributed by atoms with van der Waals surface area (Å²) in [5.41, 5.74) is 13.1. The molecular weight excluding hydrogens is 827 g/mol. The molecule has 9 N–H and O–H groups in total. The lowest BCUT2D eigenvalue weighted by molar-refractivity contribution is -0.143. The molecule has 0 bridgehead atoms. The molecule has 1 aromatic carbocycles. The number of esters is 1. The Balaban J connectivity index is 1.19. The number of nitrogens with one attached hydrogen (secondary N) is 5. The molecule has 3 fully saturated rings. The number of urea groups is 1. The van der Waals surface area contributed by atoms with Crippen molar-refractivity contribution in [1.82, 2.24) is 21.3 Å². The van der Waals surface area contributed by atoms with Gasteiger partial charge in [0.25, 0.3) is 0 Å². The molecule has 0 aromatic heterocycles. The van der Waals surface area contributed by atoms with Crippen molar-refractivity contribution in [2.75, 3.05) is 25.0 Å². The topological polar surface area (TPSA) is 264 Å². The molecule has 3 aliphatic heterocycles. The van der Waals surface area contributed by atoms with E-state index in [9.17, 15) is 28.8 Å². The molecule has 0 saturated carbocycles. The zero-order chi connectivity index (χ0) is 47.0. The van der Waals surface area contributed by atoms with Gasteiger partial charge in [-0.15, -0.1) is 0 Å². The van der Waals surface area contributed by atoms with E-state index in [0.717, 1.165) is 18.4 Å². The molecule has 0 unspecified atom stereocenters. The fraction of sp³-hybridized carbons (Fsp3) is 0.609. The van der Waals surface area contributed by atoms with Gasteiger partial charge < -0.3 is 61.7 Å². The number of rotatable bonds is 21. The van der Waals surface area contributed by atoms with Gasteiger partial charge in [0.1, 0.15) is 18.8 Å². The van der Waals surface area contributed by atoms with Gasteiger partial charge in [0.15, 0.2) is 0 Å². The zero-order valence-corrected chi connectivity index (χ0v) is 38.2. The number of alkyl carbamates (subject to hydrolysis) is 1. The van der Waals surface area contributed by atoms with E-state index in [1.165, 1.54) is 13.0 Å². The summed E-state index contributed by atoms with van der Waals surface area (Å²) in [7, 11) is 0. The van der Waals surface area contributed by atoms with Crippen molar-refractivity contribution in [3.8, 4) is 0 Å². The molecule has 1 aromatic rings. The van der Waals surface area contributed by atoms with Crippen molar-refractivity contribution in [1.29, 1.82) is 0 Å².